The maximum Gasteiger partial charge on any atom is 0.267 e. The minimum atomic E-state index is -0.0414. The molecule has 1 aliphatic carbocycles. The van der Waals surface area contributed by atoms with Crippen molar-refractivity contribution >= 4 is 57.9 Å². The molecule has 0 spiro atoms. The number of pyridine rings is 1. The average molecular weight is 498 g/mol. The number of carbonyl (C=O) groups is 1. The first-order chi connectivity index (χ1) is 16.1. The first-order valence-corrected chi connectivity index (χ1v) is 12.4. The van der Waals surface area contributed by atoms with Gasteiger partial charge in [-0.05, 0) is 67.1 Å². The summed E-state index contributed by atoms with van der Waals surface area (Å²) >= 11 is 13.8. The zero-order valence-electron chi connectivity index (χ0n) is 17.7. The lowest BCUT2D eigenvalue weighted by Gasteiger charge is -2.30. The van der Waals surface area contributed by atoms with Crippen LogP contribution in [-0.2, 0) is 4.79 Å². The number of amides is 1. The average Bonchev–Trinajstić information content (AvgIpc) is 3.41. The molecule has 0 unspecified atom stereocenters. The second-order valence-electron chi connectivity index (χ2n) is 7.99. The number of aliphatic imine (C=N–C) groups is 1. The highest BCUT2D eigenvalue weighted by molar-refractivity contribution is 8.18. The molecule has 3 aromatic rings. The summed E-state index contributed by atoms with van der Waals surface area (Å²) in [6, 6.07) is 14.6. The van der Waals surface area contributed by atoms with Gasteiger partial charge < -0.3 is 4.42 Å². The van der Waals surface area contributed by atoms with Gasteiger partial charge in [0.05, 0.1) is 9.93 Å². The van der Waals surface area contributed by atoms with E-state index in [2.05, 4.69) is 4.98 Å². The van der Waals surface area contributed by atoms with Crippen LogP contribution < -0.4 is 0 Å². The van der Waals surface area contributed by atoms with Crippen LogP contribution in [0.25, 0.3) is 17.4 Å². The normalized spacial score (nSPS) is 19.7. The van der Waals surface area contributed by atoms with Crippen LogP contribution in [0.15, 0.2) is 69.0 Å². The summed E-state index contributed by atoms with van der Waals surface area (Å²) in [5.41, 5.74) is 0.709. The summed E-state index contributed by atoms with van der Waals surface area (Å²) in [7, 11) is 0. The molecule has 0 bridgehead atoms. The van der Waals surface area contributed by atoms with Crippen molar-refractivity contribution in [1.29, 1.82) is 0 Å². The number of hydrogen-bond donors (Lipinski definition) is 0. The lowest BCUT2D eigenvalue weighted by atomic mass is 9.94. The predicted molar refractivity (Wildman–Crippen MR) is 135 cm³/mol. The molecule has 1 amide bonds. The van der Waals surface area contributed by atoms with Crippen molar-refractivity contribution in [2.45, 2.75) is 38.1 Å². The number of nitrogens with zero attached hydrogens (tertiary/aromatic N) is 3. The number of rotatable bonds is 4. The Balaban J connectivity index is 1.47. The fourth-order valence-electron chi connectivity index (χ4n) is 4.13. The van der Waals surface area contributed by atoms with Crippen LogP contribution in [0, 0.1) is 0 Å². The van der Waals surface area contributed by atoms with E-state index in [-0.39, 0.29) is 11.9 Å². The number of thioether (sulfide) groups is 1. The molecule has 5 rings (SSSR count). The van der Waals surface area contributed by atoms with E-state index < -0.39 is 0 Å². The van der Waals surface area contributed by atoms with Gasteiger partial charge in [0.2, 0.25) is 0 Å². The van der Waals surface area contributed by atoms with Crippen molar-refractivity contribution in [3.05, 3.63) is 75.4 Å². The number of hydrogen-bond acceptors (Lipinski definition) is 5. The molecule has 2 aromatic heterocycles. The van der Waals surface area contributed by atoms with Gasteiger partial charge in [-0.15, -0.1) is 0 Å². The fraction of sp³-hybridized carbons (Fsp3) is 0.240. The third-order valence-corrected chi connectivity index (χ3v) is 7.28. The van der Waals surface area contributed by atoms with E-state index >= 15 is 0 Å². The van der Waals surface area contributed by atoms with E-state index in [1.165, 1.54) is 18.2 Å². The molecule has 3 heterocycles. The monoisotopic (exact) mass is 497 g/mol. The van der Waals surface area contributed by atoms with Gasteiger partial charge in [0, 0.05) is 28.9 Å². The molecule has 168 valence electrons. The number of benzene rings is 1. The van der Waals surface area contributed by atoms with E-state index in [0.717, 1.165) is 25.7 Å². The lowest BCUT2D eigenvalue weighted by Crippen LogP contribution is -2.40. The molecule has 8 heteroatoms. The third-order valence-electron chi connectivity index (χ3n) is 5.73. The van der Waals surface area contributed by atoms with Crippen LogP contribution in [0.5, 0.6) is 0 Å². The van der Waals surface area contributed by atoms with Gasteiger partial charge in [-0.1, -0.05) is 48.5 Å². The van der Waals surface area contributed by atoms with Crippen LogP contribution in [0.2, 0.25) is 10.0 Å². The Hall–Kier alpha value is -2.54. The standard InChI is InChI=1S/C25H21Cl2N3O2S/c26-16-9-11-20(27)19(14-16)21-12-10-18(32-21)15-22-24(31)30(17-6-2-1-3-7-17)25(33-22)29-23-8-4-5-13-28-23/h4-5,8-15,17H,1-3,6-7H2/b22-15+,29-25+. The van der Waals surface area contributed by atoms with Gasteiger partial charge in [-0.2, -0.15) is 0 Å². The summed E-state index contributed by atoms with van der Waals surface area (Å²) < 4.78 is 5.99. The maximum absolute atomic E-state index is 13.4. The molecule has 1 aliphatic heterocycles. The Morgan fingerprint density at radius 2 is 1.94 bits per heavy atom. The van der Waals surface area contributed by atoms with Crippen LogP contribution in [0.4, 0.5) is 5.82 Å². The topological polar surface area (TPSA) is 58.7 Å². The van der Waals surface area contributed by atoms with Crippen LogP contribution in [0.3, 0.4) is 0 Å². The molecule has 2 aliphatic rings. The number of amidine groups is 1. The SMILES string of the molecule is O=C1/C(=C\c2ccc(-c3cc(Cl)ccc3Cl)o2)S/C(=N/c2ccccn2)N1C1CCCCC1. The van der Waals surface area contributed by atoms with E-state index in [0.29, 0.717) is 43.0 Å². The summed E-state index contributed by atoms with van der Waals surface area (Å²) in [5.74, 6) is 1.71. The van der Waals surface area contributed by atoms with E-state index in [1.807, 2.05) is 35.2 Å². The largest absolute Gasteiger partial charge is 0.457 e. The molecule has 1 saturated heterocycles. The minimum absolute atomic E-state index is 0.0414. The highest BCUT2D eigenvalue weighted by Gasteiger charge is 2.39. The molecule has 2 fully saturated rings. The molecule has 0 radical (unpaired) electrons. The number of aromatic nitrogens is 1. The van der Waals surface area contributed by atoms with Crippen molar-refractivity contribution < 1.29 is 9.21 Å². The second kappa shape index (κ2) is 9.75. The van der Waals surface area contributed by atoms with E-state index in [4.69, 9.17) is 32.6 Å². The van der Waals surface area contributed by atoms with Gasteiger partial charge in [0.25, 0.3) is 5.91 Å². The molecule has 33 heavy (non-hydrogen) atoms. The molecule has 5 nitrogen and oxygen atoms in total. The smallest absolute Gasteiger partial charge is 0.267 e. The molecule has 1 saturated carbocycles. The number of carbonyl (C=O) groups excluding carboxylic acids is 1. The molecular formula is C25H21Cl2N3O2S. The summed E-state index contributed by atoms with van der Waals surface area (Å²) in [4.78, 5) is 24.9. The highest BCUT2D eigenvalue weighted by atomic mass is 35.5. The third kappa shape index (κ3) is 4.88. The maximum atomic E-state index is 13.4. The van der Waals surface area contributed by atoms with Crippen molar-refractivity contribution in [3.63, 3.8) is 0 Å². The molecule has 1 aromatic carbocycles. The summed E-state index contributed by atoms with van der Waals surface area (Å²) in [5, 5.41) is 1.79. The number of halogens is 2. The predicted octanol–water partition coefficient (Wildman–Crippen LogP) is 7.59. The lowest BCUT2D eigenvalue weighted by molar-refractivity contribution is -0.124. The van der Waals surface area contributed by atoms with Crippen molar-refractivity contribution in [2.75, 3.05) is 0 Å². The van der Waals surface area contributed by atoms with Crippen molar-refractivity contribution in [1.82, 2.24) is 9.88 Å². The van der Waals surface area contributed by atoms with Crippen LogP contribution >= 0.6 is 35.0 Å². The summed E-state index contributed by atoms with van der Waals surface area (Å²) in [6.45, 7) is 0. The molecule has 0 atom stereocenters. The van der Waals surface area contributed by atoms with Crippen LogP contribution in [0.1, 0.15) is 37.9 Å². The first-order valence-electron chi connectivity index (χ1n) is 10.9. The van der Waals surface area contributed by atoms with Crippen molar-refractivity contribution in [2.24, 2.45) is 4.99 Å². The zero-order chi connectivity index (χ0) is 22.8. The quantitative estimate of drug-likeness (QED) is 0.348. The minimum Gasteiger partial charge on any atom is -0.457 e. The van der Waals surface area contributed by atoms with Gasteiger partial charge in [0.1, 0.15) is 11.5 Å². The van der Waals surface area contributed by atoms with E-state index in [1.54, 1.807) is 30.5 Å². The second-order valence-corrected chi connectivity index (χ2v) is 9.84. The Kier molecular flexibility index (Phi) is 6.58. The molecular weight excluding hydrogens is 477 g/mol. The Morgan fingerprint density at radius 1 is 1.09 bits per heavy atom. The van der Waals surface area contributed by atoms with Crippen molar-refractivity contribution in [3.8, 4) is 11.3 Å². The Bertz CT molecular complexity index is 1230. The van der Waals surface area contributed by atoms with Gasteiger partial charge in [-0.3, -0.25) is 9.69 Å². The fourth-order valence-corrected chi connectivity index (χ4v) is 5.54. The van der Waals surface area contributed by atoms with E-state index in [9.17, 15) is 4.79 Å². The number of furan rings is 1. The van der Waals surface area contributed by atoms with Gasteiger partial charge >= 0.3 is 0 Å². The molecule has 0 N–H and O–H groups in total. The highest BCUT2D eigenvalue weighted by Crippen LogP contribution is 2.39. The Morgan fingerprint density at radius 3 is 2.73 bits per heavy atom. The van der Waals surface area contributed by atoms with Gasteiger partial charge in [-0.25, -0.2) is 9.98 Å². The Labute approximate surface area is 206 Å². The zero-order valence-corrected chi connectivity index (χ0v) is 20.0. The first kappa shape index (κ1) is 22.3. The van der Waals surface area contributed by atoms with Crippen LogP contribution in [-0.4, -0.2) is 27.0 Å². The summed E-state index contributed by atoms with van der Waals surface area (Å²) in [6.07, 6.45) is 8.90. The van der Waals surface area contributed by atoms with Gasteiger partial charge in [0.15, 0.2) is 11.0 Å².